The van der Waals surface area contributed by atoms with Gasteiger partial charge in [-0.1, -0.05) is 12.1 Å². The first-order valence-corrected chi connectivity index (χ1v) is 8.97. The molecule has 2 aromatic rings. The zero-order chi connectivity index (χ0) is 19.1. The molecule has 27 heavy (non-hydrogen) atoms. The summed E-state index contributed by atoms with van der Waals surface area (Å²) >= 11 is 0. The lowest BCUT2D eigenvalue weighted by Gasteiger charge is -2.36. The highest BCUT2D eigenvalue weighted by Gasteiger charge is 2.25. The van der Waals surface area contributed by atoms with E-state index in [9.17, 15) is 13.6 Å². The molecule has 5 nitrogen and oxygen atoms in total. The molecule has 0 aromatic heterocycles. The molecule has 1 aliphatic heterocycles. The van der Waals surface area contributed by atoms with Crippen molar-refractivity contribution in [2.75, 3.05) is 39.3 Å². The van der Waals surface area contributed by atoms with Gasteiger partial charge in [0.2, 0.25) is 5.91 Å². The Kier molecular flexibility index (Phi) is 6.73. The number of piperazine rings is 1. The Morgan fingerprint density at radius 1 is 1.19 bits per heavy atom. The molecule has 1 amide bonds. The summed E-state index contributed by atoms with van der Waals surface area (Å²) in [6, 6.07) is 12.2. The lowest BCUT2D eigenvalue weighted by Crippen LogP contribution is -2.49. The molecule has 1 saturated heterocycles. The van der Waals surface area contributed by atoms with Crippen molar-refractivity contribution in [1.82, 2.24) is 15.5 Å². The molecular formula is C20H23F2N3O2. The molecule has 0 bridgehead atoms. The van der Waals surface area contributed by atoms with Gasteiger partial charge in [0, 0.05) is 25.7 Å². The van der Waals surface area contributed by atoms with Gasteiger partial charge in [-0.05, 0) is 42.0 Å². The van der Waals surface area contributed by atoms with Crippen LogP contribution in [0.25, 0.3) is 0 Å². The second-order valence-electron chi connectivity index (χ2n) is 6.40. The van der Waals surface area contributed by atoms with Crippen LogP contribution in [-0.2, 0) is 4.79 Å². The lowest BCUT2D eigenvalue weighted by molar-refractivity contribution is -0.123. The number of hydrogen-bond acceptors (Lipinski definition) is 4. The summed E-state index contributed by atoms with van der Waals surface area (Å²) in [5.41, 5.74) is 0.856. The minimum atomic E-state index is -0.320. The molecule has 1 aliphatic rings. The van der Waals surface area contributed by atoms with Gasteiger partial charge in [-0.15, -0.1) is 0 Å². The molecule has 2 aromatic carbocycles. The number of hydrogen-bond donors (Lipinski definition) is 2. The third-order valence-electron chi connectivity index (χ3n) is 4.44. The number of carbonyl (C=O) groups is 1. The smallest absolute Gasteiger partial charge is 0.234 e. The van der Waals surface area contributed by atoms with Gasteiger partial charge in [0.05, 0.1) is 13.1 Å². The van der Waals surface area contributed by atoms with Crippen LogP contribution in [-0.4, -0.2) is 50.1 Å². The Hall–Kier alpha value is -2.51. The molecule has 0 radical (unpaired) electrons. The molecule has 0 saturated carbocycles. The Morgan fingerprint density at radius 2 is 2.00 bits per heavy atom. The van der Waals surface area contributed by atoms with Crippen molar-refractivity contribution in [3.8, 4) is 5.75 Å². The summed E-state index contributed by atoms with van der Waals surface area (Å²) < 4.78 is 31.8. The Balaban J connectivity index is 1.46. The minimum absolute atomic E-state index is 0.0457. The van der Waals surface area contributed by atoms with Crippen molar-refractivity contribution >= 4 is 5.91 Å². The van der Waals surface area contributed by atoms with Crippen molar-refractivity contribution in [2.24, 2.45) is 0 Å². The summed E-state index contributed by atoms with van der Waals surface area (Å²) in [5.74, 6) is -0.153. The van der Waals surface area contributed by atoms with Crippen LogP contribution in [0.5, 0.6) is 5.75 Å². The maximum absolute atomic E-state index is 13.5. The number of rotatable bonds is 7. The predicted octanol–water partition coefficient (Wildman–Crippen LogP) is 2.11. The highest BCUT2D eigenvalue weighted by molar-refractivity contribution is 5.78. The number of benzene rings is 2. The van der Waals surface area contributed by atoms with Crippen LogP contribution in [0.1, 0.15) is 11.6 Å². The second-order valence-corrected chi connectivity index (χ2v) is 6.40. The van der Waals surface area contributed by atoms with E-state index in [-0.39, 0.29) is 30.1 Å². The molecule has 0 spiro atoms. The fourth-order valence-electron chi connectivity index (χ4n) is 3.11. The molecular weight excluding hydrogens is 352 g/mol. The van der Waals surface area contributed by atoms with E-state index >= 15 is 0 Å². The average Bonchev–Trinajstić information content (AvgIpc) is 2.67. The number of amides is 1. The van der Waals surface area contributed by atoms with Gasteiger partial charge < -0.3 is 15.4 Å². The second kappa shape index (κ2) is 9.43. The number of halogens is 2. The Bertz CT molecular complexity index is 755. The number of ether oxygens (including phenoxy) is 1. The van der Waals surface area contributed by atoms with Gasteiger partial charge in [0.15, 0.2) is 0 Å². The van der Waals surface area contributed by atoms with Crippen molar-refractivity contribution in [3.63, 3.8) is 0 Å². The molecule has 1 fully saturated rings. The van der Waals surface area contributed by atoms with Crippen LogP contribution in [0.3, 0.4) is 0 Å². The van der Waals surface area contributed by atoms with Gasteiger partial charge in [0.1, 0.15) is 24.0 Å². The maximum Gasteiger partial charge on any atom is 0.234 e. The fourth-order valence-corrected chi connectivity index (χ4v) is 3.11. The molecule has 1 heterocycles. The third kappa shape index (κ3) is 5.74. The SMILES string of the molecule is O=C(CN1CCNCC1c1cccc(F)c1)NCCOc1ccc(F)cc1. The molecule has 0 aliphatic carbocycles. The van der Waals surface area contributed by atoms with Crippen molar-refractivity contribution in [3.05, 3.63) is 65.7 Å². The molecule has 7 heteroatoms. The normalized spacial score (nSPS) is 17.5. The summed E-state index contributed by atoms with van der Waals surface area (Å²) in [5, 5.41) is 6.11. The summed E-state index contributed by atoms with van der Waals surface area (Å²) in [6.45, 7) is 3.05. The zero-order valence-corrected chi connectivity index (χ0v) is 15.0. The van der Waals surface area contributed by atoms with Crippen molar-refractivity contribution in [1.29, 1.82) is 0 Å². The largest absolute Gasteiger partial charge is 0.492 e. The molecule has 2 N–H and O–H groups in total. The lowest BCUT2D eigenvalue weighted by atomic mass is 10.0. The summed E-state index contributed by atoms with van der Waals surface area (Å²) in [6.07, 6.45) is 0. The van der Waals surface area contributed by atoms with Crippen LogP contribution in [0.15, 0.2) is 48.5 Å². The van der Waals surface area contributed by atoms with E-state index in [0.717, 1.165) is 12.1 Å². The monoisotopic (exact) mass is 375 g/mol. The van der Waals surface area contributed by atoms with Gasteiger partial charge in [-0.25, -0.2) is 8.78 Å². The van der Waals surface area contributed by atoms with Crippen LogP contribution in [0, 0.1) is 11.6 Å². The van der Waals surface area contributed by atoms with Gasteiger partial charge in [0.25, 0.3) is 0 Å². The van der Waals surface area contributed by atoms with E-state index in [1.165, 1.54) is 24.3 Å². The zero-order valence-electron chi connectivity index (χ0n) is 15.0. The highest BCUT2D eigenvalue weighted by Crippen LogP contribution is 2.22. The first kappa shape index (κ1) is 19.3. The summed E-state index contributed by atoms with van der Waals surface area (Å²) in [7, 11) is 0. The van der Waals surface area contributed by atoms with Crippen LogP contribution in [0.4, 0.5) is 8.78 Å². The topological polar surface area (TPSA) is 53.6 Å². The van der Waals surface area contributed by atoms with Crippen molar-refractivity contribution in [2.45, 2.75) is 6.04 Å². The van der Waals surface area contributed by atoms with Crippen LogP contribution in [0.2, 0.25) is 0 Å². The molecule has 3 rings (SSSR count). The number of nitrogens with zero attached hydrogens (tertiary/aromatic N) is 1. The minimum Gasteiger partial charge on any atom is -0.492 e. The predicted molar refractivity (Wildman–Crippen MR) is 98.5 cm³/mol. The van der Waals surface area contributed by atoms with Crippen LogP contribution >= 0.6 is 0 Å². The van der Waals surface area contributed by atoms with Gasteiger partial charge in [-0.3, -0.25) is 9.69 Å². The standard InChI is InChI=1S/C20H23F2N3O2/c21-16-4-6-18(7-5-16)27-11-9-24-20(26)14-25-10-8-23-13-19(25)15-2-1-3-17(22)12-15/h1-7,12,19,23H,8-11,13-14H2,(H,24,26). The molecule has 1 atom stereocenters. The van der Waals surface area contributed by atoms with E-state index < -0.39 is 0 Å². The van der Waals surface area contributed by atoms with Gasteiger partial charge in [-0.2, -0.15) is 0 Å². The highest BCUT2D eigenvalue weighted by atomic mass is 19.1. The van der Waals surface area contributed by atoms with E-state index in [4.69, 9.17) is 4.74 Å². The van der Waals surface area contributed by atoms with E-state index in [1.807, 2.05) is 11.0 Å². The van der Waals surface area contributed by atoms with Crippen LogP contribution < -0.4 is 15.4 Å². The fraction of sp³-hybridized carbons (Fsp3) is 0.350. The summed E-state index contributed by atoms with van der Waals surface area (Å²) in [4.78, 5) is 14.3. The van der Waals surface area contributed by atoms with Gasteiger partial charge >= 0.3 is 0 Å². The number of carbonyl (C=O) groups excluding carboxylic acids is 1. The Labute approximate surface area is 157 Å². The third-order valence-corrected chi connectivity index (χ3v) is 4.44. The average molecular weight is 375 g/mol. The quantitative estimate of drug-likeness (QED) is 0.728. The van der Waals surface area contributed by atoms with E-state index in [1.54, 1.807) is 18.2 Å². The van der Waals surface area contributed by atoms with E-state index in [2.05, 4.69) is 10.6 Å². The van der Waals surface area contributed by atoms with E-state index in [0.29, 0.717) is 32.0 Å². The molecule has 1 unspecified atom stereocenters. The first-order chi connectivity index (χ1) is 13.1. The first-order valence-electron chi connectivity index (χ1n) is 8.97. The van der Waals surface area contributed by atoms with Crippen molar-refractivity contribution < 1.29 is 18.3 Å². The maximum atomic E-state index is 13.5. The number of nitrogens with one attached hydrogen (secondary N) is 2. The Morgan fingerprint density at radius 3 is 2.78 bits per heavy atom. The molecule has 144 valence electrons.